The molecule has 2 aromatic rings. The second kappa shape index (κ2) is 9.30. The molecule has 2 aliphatic heterocycles. The van der Waals surface area contributed by atoms with Crippen molar-refractivity contribution in [2.45, 2.75) is 25.7 Å². The summed E-state index contributed by atoms with van der Waals surface area (Å²) in [5.41, 5.74) is 7.87. The van der Waals surface area contributed by atoms with E-state index in [0.717, 1.165) is 31.6 Å². The van der Waals surface area contributed by atoms with Crippen LogP contribution in [0.4, 0.5) is 17.1 Å². The minimum Gasteiger partial charge on any atom is -0.495 e. The van der Waals surface area contributed by atoms with E-state index < -0.39 is 11.8 Å². The first-order valence-electron chi connectivity index (χ1n) is 10.9. The number of para-hydroxylation sites is 2. The van der Waals surface area contributed by atoms with E-state index in [1.807, 2.05) is 24.3 Å². The van der Waals surface area contributed by atoms with Crippen molar-refractivity contribution in [1.82, 2.24) is 0 Å². The van der Waals surface area contributed by atoms with Gasteiger partial charge in [-0.2, -0.15) is 0 Å². The SMILES string of the molecule is COc1ccccc1N1CC(C(=O)Nc2cc(C(N)=O)ccc2N2CCCCC2)CC1=O. The van der Waals surface area contributed by atoms with Crippen LogP contribution in [0.15, 0.2) is 42.5 Å². The molecule has 1 atom stereocenters. The van der Waals surface area contributed by atoms with E-state index in [1.165, 1.54) is 6.42 Å². The van der Waals surface area contributed by atoms with Gasteiger partial charge in [-0.15, -0.1) is 0 Å². The van der Waals surface area contributed by atoms with Gasteiger partial charge in [-0.25, -0.2) is 0 Å². The van der Waals surface area contributed by atoms with Crippen LogP contribution in [-0.2, 0) is 9.59 Å². The highest BCUT2D eigenvalue weighted by Crippen LogP contribution is 2.34. The lowest BCUT2D eigenvalue weighted by Gasteiger charge is -2.31. The predicted octanol–water partition coefficient (Wildman–Crippen LogP) is 2.78. The number of methoxy groups -OCH3 is 1. The number of carbonyl (C=O) groups is 3. The van der Waals surface area contributed by atoms with E-state index in [-0.39, 0.29) is 24.8 Å². The molecule has 8 nitrogen and oxygen atoms in total. The lowest BCUT2D eigenvalue weighted by Crippen LogP contribution is -2.32. The number of nitrogens with two attached hydrogens (primary N) is 1. The average Bonchev–Trinajstić information content (AvgIpc) is 3.21. The minimum absolute atomic E-state index is 0.110. The molecule has 0 saturated carbocycles. The zero-order valence-corrected chi connectivity index (χ0v) is 18.2. The van der Waals surface area contributed by atoms with Gasteiger partial charge < -0.3 is 25.6 Å². The summed E-state index contributed by atoms with van der Waals surface area (Å²) in [6.07, 6.45) is 3.45. The van der Waals surface area contributed by atoms with E-state index in [2.05, 4.69) is 10.2 Å². The normalized spacial score (nSPS) is 18.5. The number of nitrogens with zero attached hydrogens (tertiary/aromatic N) is 2. The smallest absolute Gasteiger partial charge is 0.248 e. The van der Waals surface area contributed by atoms with Crippen molar-refractivity contribution in [1.29, 1.82) is 0 Å². The average molecular weight is 437 g/mol. The number of rotatable bonds is 6. The number of nitrogens with one attached hydrogen (secondary N) is 1. The highest BCUT2D eigenvalue weighted by atomic mass is 16.5. The Morgan fingerprint density at radius 3 is 2.53 bits per heavy atom. The first-order valence-corrected chi connectivity index (χ1v) is 10.9. The highest BCUT2D eigenvalue weighted by Gasteiger charge is 2.36. The number of hydrogen-bond donors (Lipinski definition) is 2. The lowest BCUT2D eigenvalue weighted by atomic mass is 10.1. The van der Waals surface area contributed by atoms with Crippen LogP contribution in [0.3, 0.4) is 0 Å². The molecule has 0 aromatic heterocycles. The second-order valence-electron chi connectivity index (χ2n) is 8.21. The molecule has 4 rings (SSSR count). The van der Waals surface area contributed by atoms with Crippen LogP contribution in [0.25, 0.3) is 0 Å². The van der Waals surface area contributed by atoms with Gasteiger partial charge in [-0.3, -0.25) is 14.4 Å². The number of hydrogen-bond acceptors (Lipinski definition) is 5. The van der Waals surface area contributed by atoms with Crippen LogP contribution in [0.1, 0.15) is 36.0 Å². The van der Waals surface area contributed by atoms with Gasteiger partial charge in [-0.05, 0) is 49.6 Å². The maximum absolute atomic E-state index is 13.2. The first-order chi connectivity index (χ1) is 15.5. The summed E-state index contributed by atoms with van der Waals surface area (Å²) < 4.78 is 5.37. The number of anilines is 3. The topological polar surface area (TPSA) is 105 Å². The Bertz CT molecular complexity index is 1030. The molecule has 2 fully saturated rings. The predicted molar refractivity (Wildman–Crippen MR) is 123 cm³/mol. The summed E-state index contributed by atoms with van der Waals surface area (Å²) in [4.78, 5) is 41.4. The number of primary amides is 1. The molecule has 32 heavy (non-hydrogen) atoms. The summed E-state index contributed by atoms with van der Waals surface area (Å²) in [7, 11) is 1.55. The van der Waals surface area contributed by atoms with E-state index in [9.17, 15) is 14.4 Å². The number of amides is 3. The molecule has 0 radical (unpaired) electrons. The van der Waals surface area contributed by atoms with Crippen molar-refractivity contribution in [3.63, 3.8) is 0 Å². The number of carbonyl (C=O) groups excluding carboxylic acids is 3. The number of piperidine rings is 1. The van der Waals surface area contributed by atoms with Crippen molar-refractivity contribution >= 4 is 34.8 Å². The Hall–Kier alpha value is -3.55. The Morgan fingerprint density at radius 2 is 1.81 bits per heavy atom. The molecule has 2 heterocycles. The van der Waals surface area contributed by atoms with E-state index >= 15 is 0 Å². The molecule has 2 aromatic carbocycles. The summed E-state index contributed by atoms with van der Waals surface area (Å²) in [5.74, 6) is -0.862. The Kier molecular flexibility index (Phi) is 6.30. The van der Waals surface area contributed by atoms with Crippen LogP contribution >= 0.6 is 0 Å². The first kappa shape index (κ1) is 21.7. The van der Waals surface area contributed by atoms with Crippen molar-refractivity contribution in [3.05, 3.63) is 48.0 Å². The molecule has 0 aliphatic carbocycles. The molecule has 1 unspecified atom stereocenters. The zero-order chi connectivity index (χ0) is 22.7. The van der Waals surface area contributed by atoms with Gasteiger partial charge in [0.15, 0.2) is 0 Å². The standard InChI is InChI=1S/C24H28N4O4/c1-32-21-8-4-3-7-20(21)28-15-17(14-22(28)29)24(31)26-18-13-16(23(25)30)9-10-19(18)27-11-5-2-6-12-27/h3-4,7-10,13,17H,2,5-6,11-12,14-15H2,1H3,(H2,25,30)(H,26,31). The van der Waals surface area contributed by atoms with E-state index in [4.69, 9.17) is 10.5 Å². The van der Waals surface area contributed by atoms with Crippen LogP contribution in [0.5, 0.6) is 5.75 Å². The van der Waals surface area contributed by atoms with Gasteiger partial charge in [0.05, 0.1) is 30.1 Å². The van der Waals surface area contributed by atoms with Crippen LogP contribution in [-0.4, -0.2) is 44.5 Å². The quantitative estimate of drug-likeness (QED) is 0.725. The van der Waals surface area contributed by atoms with E-state index in [0.29, 0.717) is 22.7 Å². The summed E-state index contributed by atoms with van der Waals surface area (Å²) in [5, 5.41) is 2.97. The largest absolute Gasteiger partial charge is 0.495 e. The van der Waals surface area contributed by atoms with Gasteiger partial charge >= 0.3 is 0 Å². The Balaban J connectivity index is 1.55. The van der Waals surface area contributed by atoms with Gasteiger partial charge in [0.25, 0.3) is 0 Å². The van der Waals surface area contributed by atoms with Crippen molar-refractivity contribution in [2.24, 2.45) is 11.7 Å². The Labute approximate surface area is 187 Å². The zero-order valence-electron chi connectivity index (χ0n) is 18.2. The minimum atomic E-state index is -0.552. The van der Waals surface area contributed by atoms with Gasteiger partial charge in [0, 0.05) is 31.6 Å². The van der Waals surface area contributed by atoms with E-state index in [1.54, 1.807) is 30.2 Å². The molecular formula is C24H28N4O4. The summed E-state index contributed by atoms with van der Waals surface area (Å²) in [6.45, 7) is 2.05. The third kappa shape index (κ3) is 4.39. The molecular weight excluding hydrogens is 408 g/mol. The number of benzene rings is 2. The lowest BCUT2D eigenvalue weighted by molar-refractivity contribution is -0.122. The van der Waals surface area contributed by atoms with Crippen LogP contribution in [0.2, 0.25) is 0 Å². The third-order valence-corrected chi connectivity index (χ3v) is 6.11. The highest BCUT2D eigenvalue weighted by molar-refractivity contribution is 6.05. The molecule has 2 saturated heterocycles. The number of ether oxygens (including phenoxy) is 1. The molecule has 8 heteroatoms. The summed E-state index contributed by atoms with van der Waals surface area (Å²) >= 11 is 0. The molecule has 2 aliphatic rings. The molecule has 0 spiro atoms. The van der Waals surface area contributed by atoms with Crippen LogP contribution < -0.4 is 25.6 Å². The monoisotopic (exact) mass is 436 g/mol. The van der Waals surface area contributed by atoms with Crippen molar-refractivity contribution < 1.29 is 19.1 Å². The van der Waals surface area contributed by atoms with Gasteiger partial charge in [0.2, 0.25) is 17.7 Å². The maximum atomic E-state index is 13.2. The molecule has 168 valence electrons. The Morgan fingerprint density at radius 1 is 1.06 bits per heavy atom. The second-order valence-corrected chi connectivity index (χ2v) is 8.21. The summed E-state index contributed by atoms with van der Waals surface area (Å²) in [6, 6.07) is 12.4. The fraction of sp³-hybridized carbons (Fsp3) is 0.375. The maximum Gasteiger partial charge on any atom is 0.248 e. The van der Waals surface area contributed by atoms with Crippen molar-refractivity contribution in [3.8, 4) is 5.75 Å². The van der Waals surface area contributed by atoms with Gasteiger partial charge in [0.1, 0.15) is 5.75 Å². The fourth-order valence-corrected chi connectivity index (χ4v) is 4.40. The molecule has 3 N–H and O–H groups in total. The fourth-order valence-electron chi connectivity index (χ4n) is 4.40. The third-order valence-electron chi connectivity index (χ3n) is 6.11. The molecule has 3 amide bonds. The van der Waals surface area contributed by atoms with Crippen LogP contribution in [0, 0.1) is 5.92 Å². The van der Waals surface area contributed by atoms with Crippen molar-refractivity contribution in [2.75, 3.05) is 41.9 Å². The van der Waals surface area contributed by atoms with Gasteiger partial charge in [-0.1, -0.05) is 12.1 Å². The molecule has 0 bridgehead atoms.